The minimum atomic E-state index is -0.713. The molecule has 2 heterocycles. The number of carbonyl (C=O) groups is 2. The van der Waals surface area contributed by atoms with Gasteiger partial charge in [0.25, 0.3) is 5.91 Å². The van der Waals surface area contributed by atoms with Crippen LogP contribution in [0, 0.1) is 6.92 Å². The van der Waals surface area contributed by atoms with E-state index in [9.17, 15) is 14.7 Å². The van der Waals surface area contributed by atoms with Gasteiger partial charge < -0.3 is 24.4 Å². The number of benzene rings is 2. The highest BCUT2D eigenvalue weighted by Gasteiger charge is 2.44. The van der Waals surface area contributed by atoms with Gasteiger partial charge in [0.15, 0.2) is 0 Å². The molecule has 2 aliphatic heterocycles. The highest BCUT2D eigenvalue weighted by Crippen LogP contribution is 2.38. The van der Waals surface area contributed by atoms with Crippen molar-refractivity contribution < 1.29 is 29.1 Å². The Morgan fingerprint density at radius 1 is 1.09 bits per heavy atom. The highest BCUT2D eigenvalue weighted by atomic mass is 16.5. The minimum Gasteiger partial charge on any atom is -0.872 e. The summed E-state index contributed by atoms with van der Waals surface area (Å²) in [7, 11) is 0. The number of amides is 1. The zero-order valence-corrected chi connectivity index (χ0v) is 19.8. The maximum Gasteiger partial charge on any atom is 0.295 e. The molecule has 0 aliphatic carbocycles. The molecule has 0 radical (unpaired) electrons. The maximum absolute atomic E-state index is 13.5. The van der Waals surface area contributed by atoms with Gasteiger partial charge in [-0.25, -0.2) is 0 Å². The second-order valence-corrected chi connectivity index (χ2v) is 8.87. The molecule has 1 N–H and O–H groups in total. The van der Waals surface area contributed by atoms with E-state index in [-0.39, 0.29) is 5.57 Å². The summed E-state index contributed by atoms with van der Waals surface area (Å²) in [6.45, 7) is 8.78. The largest absolute Gasteiger partial charge is 0.872 e. The summed E-state index contributed by atoms with van der Waals surface area (Å²) in [5.41, 5.74) is 2.18. The normalized spacial score (nSPS) is 20.6. The molecule has 7 nitrogen and oxygen atoms in total. The third-order valence-corrected chi connectivity index (χ3v) is 6.42. The zero-order chi connectivity index (χ0) is 24.1. The van der Waals surface area contributed by atoms with E-state index < -0.39 is 23.5 Å². The molecule has 0 bridgehead atoms. The Kier molecular flexibility index (Phi) is 7.65. The van der Waals surface area contributed by atoms with Gasteiger partial charge in [0.05, 0.1) is 39.0 Å². The molecule has 1 atom stereocenters. The Hall–Kier alpha value is -3.16. The van der Waals surface area contributed by atoms with Crippen molar-refractivity contribution in [1.29, 1.82) is 0 Å². The third kappa shape index (κ3) is 5.16. The maximum atomic E-state index is 13.5. The lowest BCUT2D eigenvalue weighted by atomic mass is 9.95. The van der Waals surface area contributed by atoms with Crippen molar-refractivity contribution in [2.24, 2.45) is 0 Å². The van der Waals surface area contributed by atoms with Crippen LogP contribution in [0.25, 0.3) is 5.76 Å². The number of quaternary nitrogens is 1. The van der Waals surface area contributed by atoms with Crippen LogP contribution in [0.4, 0.5) is 0 Å². The van der Waals surface area contributed by atoms with E-state index in [2.05, 4.69) is 0 Å². The summed E-state index contributed by atoms with van der Waals surface area (Å²) in [6, 6.07) is 13.7. The number of likely N-dealkylation sites (tertiary alicyclic amines) is 1. The summed E-state index contributed by atoms with van der Waals surface area (Å²) < 4.78 is 11.1. The lowest BCUT2D eigenvalue weighted by Gasteiger charge is -2.30. The average molecular weight is 465 g/mol. The first kappa shape index (κ1) is 24.0. The Morgan fingerprint density at radius 2 is 1.76 bits per heavy atom. The van der Waals surface area contributed by atoms with E-state index in [1.54, 1.807) is 17.0 Å². The SMILES string of the molecule is CCCOc1ccc(C2/C(=C(\[O-])c3ccc(C)cc3)C(=O)C(=O)N2CC[NH+]2CCOCC2)cc1. The van der Waals surface area contributed by atoms with Crippen LogP contribution in [0.2, 0.25) is 0 Å². The highest BCUT2D eigenvalue weighted by molar-refractivity contribution is 6.46. The van der Waals surface area contributed by atoms with Crippen molar-refractivity contribution in [2.45, 2.75) is 26.3 Å². The number of hydrogen-bond donors (Lipinski definition) is 1. The fourth-order valence-corrected chi connectivity index (χ4v) is 4.46. The number of carbonyl (C=O) groups excluding carboxylic acids is 2. The number of aryl methyl sites for hydroxylation is 1. The molecule has 0 aromatic heterocycles. The molecule has 0 spiro atoms. The molecule has 2 aromatic rings. The van der Waals surface area contributed by atoms with E-state index >= 15 is 0 Å². The number of ether oxygens (including phenoxy) is 2. The molecule has 7 heteroatoms. The molecular formula is C27H32N2O5. The summed E-state index contributed by atoms with van der Waals surface area (Å²) >= 11 is 0. The van der Waals surface area contributed by atoms with Gasteiger partial charge in [-0.15, -0.1) is 0 Å². The molecule has 34 heavy (non-hydrogen) atoms. The summed E-state index contributed by atoms with van der Waals surface area (Å²) in [5.74, 6) is -0.994. The number of nitrogens with one attached hydrogen (secondary N) is 1. The van der Waals surface area contributed by atoms with Crippen molar-refractivity contribution in [3.05, 3.63) is 70.8 Å². The van der Waals surface area contributed by atoms with Crippen molar-refractivity contribution in [1.82, 2.24) is 4.90 Å². The van der Waals surface area contributed by atoms with Crippen molar-refractivity contribution in [3.63, 3.8) is 0 Å². The molecule has 1 amide bonds. The lowest BCUT2D eigenvalue weighted by molar-refractivity contribution is -0.907. The second-order valence-electron chi connectivity index (χ2n) is 8.87. The molecular weight excluding hydrogens is 432 g/mol. The first-order valence-corrected chi connectivity index (χ1v) is 12.0. The predicted molar refractivity (Wildman–Crippen MR) is 126 cm³/mol. The standard InChI is InChI=1S/C27H32N2O5/c1-3-16-34-22-10-8-20(9-11-22)24-23(25(30)21-6-4-19(2)5-7-21)26(31)27(32)29(24)13-12-28-14-17-33-18-15-28/h4-11,24,30H,3,12-18H2,1-2H3/b25-23+. The summed E-state index contributed by atoms with van der Waals surface area (Å²) in [4.78, 5) is 29.1. The quantitative estimate of drug-likeness (QED) is 0.357. The smallest absolute Gasteiger partial charge is 0.295 e. The van der Waals surface area contributed by atoms with Crippen molar-refractivity contribution in [3.8, 4) is 5.75 Å². The molecule has 2 saturated heterocycles. The number of hydrogen-bond acceptors (Lipinski definition) is 5. The number of ketones is 1. The lowest BCUT2D eigenvalue weighted by Crippen LogP contribution is -3.14. The third-order valence-electron chi connectivity index (χ3n) is 6.42. The Bertz CT molecular complexity index is 1040. The van der Waals surface area contributed by atoms with Gasteiger partial charge in [-0.1, -0.05) is 54.6 Å². The molecule has 1 unspecified atom stereocenters. The Labute approximate surface area is 200 Å². The second kappa shape index (κ2) is 10.8. The molecule has 2 aromatic carbocycles. The monoisotopic (exact) mass is 464 g/mol. The molecule has 180 valence electrons. The van der Waals surface area contributed by atoms with Gasteiger partial charge in [0.1, 0.15) is 18.8 Å². The topological polar surface area (TPSA) is 83.3 Å². The number of morpholine rings is 1. The van der Waals surface area contributed by atoms with Crippen LogP contribution in [0.3, 0.4) is 0 Å². The van der Waals surface area contributed by atoms with Crippen LogP contribution in [-0.2, 0) is 14.3 Å². The molecule has 4 rings (SSSR count). The van der Waals surface area contributed by atoms with Gasteiger partial charge in [-0.05, 0) is 36.6 Å². The molecule has 2 aliphatic rings. The first-order chi connectivity index (χ1) is 16.5. The average Bonchev–Trinajstić information content (AvgIpc) is 3.12. The van der Waals surface area contributed by atoms with Crippen LogP contribution < -0.4 is 14.7 Å². The Morgan fingerprint density at radius 3 is 2.41 bits per heavy atom. The van der Waals surface area contributed by atoms with E-state index in [1.807, 2.05) is 50.2 Å². The molecule has 0 saturated carbocycles. The first-order valence-electron chi connectivity index (χ1n) is 12.0. The fraction of sp³-hybridized carbons (Fsp3) is 0.407. The Balaban J connectivity index is 1.69. The van der Waals surface area contributed by atoms with Gasteiger partial charge in [0, 0.05) is 5.57 Å². The van der Waals surface area contributed by atoms with Crippen LogP contribution >= 0.6 is 0 Å². The minimum absolute atomic E-state index is 0.0213. The summed E-state index contributed by atoms with van der Waals surface area (Å²) in [5, 5.41) is 13.5. The van der Waals surface area contributed by atoms with Gasteiger partial charge in [-0.2, -0.15) is 0 Å². The van der Waals surface area contributed by atoms with Crippen LogP contribution in [0.1, 0.15) is 36.1 Å². The number of nitrogens with zero attached hydrogens (tertiary/aromatic N) is 1. The molecule has 2 fully saturated rings. The van der Waals surface area contributed by atoms with Crippen molar-refractivity contribution in [2.75, 3.05) is 46.0 Å². The van der Waals surface area contributed by atoms with E-state index in [4.69, 9.17) is 9.47 Å². The van der Waals surface area contributed by atoms with Crippen LogP contribution in [-0.4, -0.2) is 62.6 Å². The zero-order valence-electron chi connectivity index (χ0n) is 19.8. The predicted octanol–water partition coefficient (Wildman–Crippen LogP) is 0.923. The van der Waals surface area contributed by atoms with E-state index in [0.717, 1.165) is 36.4 Å². The number of rotatable bonds is 8. The fourth-order valence-electron chi connectivity index (χ4n) is 4.46. The summed E-state index contributed by atoms with van der Waals surface area (Å²) in [6.07, 6.45) is 0.897. The van der Waals surface area contributed by atoms with Crippen LogP contribution in [0.15, 0.2) is 54.1 Å². The van der Waals surface area contributed by atoms with Crippen molar-refractivity contribution >= 4 is 17.4 Å². The number of Topliss-reactive ketones (excluding diaryl/α,β-unsaturated/α-hetero) is 1. The van der Waals surface area contributed by atoms with Gasteiger partial charge in [-0.3, -0.25) is 9.59 Å². The van der Waals surface area contributed by atoms with Crippen LogP contribution in [0.5, 0.6) is 5.75 Å². The van der Waals surface area contributed by atoms with Gasteiger partial charge in [0.2, 0.25) is 5.78 Å². The van der Waals surface area contributed by atoms with Gasteiger partial charge >= 0.3 is 0 Å². The van der Waals surface area contributed by atoms with E-state index in [1.165, 1.54) is 4.90 Å². The van der Waals surface area contributed by atoms with E-state index in [0.29, 0.717) is 38.5 Å².